The van der Waals surface area contributed by atoms with Crippen LogP contribution >= 0.6 is 11.6 Å². The topological polar surface area (TPSA) is 91.3 Å². The van der Waals surface area contributed by atoms with E-state index in [9.17, 15) is 13.2 Å². The lowest BCUT2D eigenvalue weighted by Crippen LogP contribution is -2.38. The third kappa shape index (κ3) is 6.78. The van der Waals surface area contributed by atoms with Crippen LogP contribution in [0.1, 0.15) is 32.8 Å². The van der Waals surface area contributed by atoms with Crippen LogP contribution in [0.4, 0.5) is 26.2 Å². The van der Waals surface area contributed by atoms with Gasteiger partial charge >= 0.3 is 6.09 Å². The minimum Gasteiger partial charge on any atom is -0.443 e. The number of para-hydroxylation sites is 1. The predicted molar refractivity (Wildman–Crippen MR) is 147 cm³/mol. The number of hydrogen-bond donors (Lipinski definition) is 1. The molecule has 2 aliphatic heterocycles. The Morgan fingerprint density at radius 2 is 1.97 bits per heavy atom. The molecule has 4 rings (SSSR count). The molecule has 0 radical (unpaired) electrons. The van der Waals surface area contributed by atoms with Gasteiger partial charge in [-0.25, -0.2) is 19.1 Å². The lowest BCUT2D eigenvalue weighted by molar-refractivity contribution is 0.0591. The molecule has 12 heteroatoms. The molecule has 2 aromatic rings. The first-order valence-electron chi connectivity index (χ1n) is 11.7. The molecular formula is C25H28ClFN4O4S2. The molecule has 1 atom stereocenters. The molecule has 37 heavy (non-hydrogen) atoms. The highest BCUT2D eigenvalue weighted by Gasteiger charge is 2.31. The van der Waals surface area contributed by atoms with Crippen molar-refractivity contribution in [1.82, 2.24) is 4.90 Å². The molecule has 0 bridgehead atoms. The quantitative estimate of drug-likeness (QED) is 0.478. The highest BCUT2D eigenvalue weighted by Crippen LogP contribution is 2.36. The number of ether oxygens (including phenoxy) is 1. The number of hydrogen-bond acceptors (Lipinski definition) is 7. The third-order valence-electron chi connectivity index (χ3n) is 5.68. The Morgan fingerprint density at radius 1 is 1.24 bits per heavy atom. The third-order valence-corrected chi connectivity index (χ3v) is 8.56. The maximum Gasteiger partial charge on any atom is 0.420 e. The molecular weight excluding hydrogens is 539 g/mol. The van der Waals surface area contributed by atoms with Crippen LogP contribution in [0, 0.1) is 5.82 Å². The first kappa shape index (κ1) is 27.3. The normalized spacial score (nSPS) is 17.2. The number of nitrogens with one attached hydrogen (secondary N) is 1. The Bertz CT molecular complexity index is 1410. The van der Waals surface area contributed by atoms with Gasteiger partial charge in [0.15, 0.2) is 5.82 Å². The molecule has 198 valence electrons. The number of nitrogens with zero attached hydrogens (tertiary/aromatic N) is 3. The van der Waals surface area contributed by atoms with Gasteiger partial charge < -0.3 is 15.0 Å². The lowest BCUT2D eigenvalue weighted by atomic mass is 10.1. The molecule has 1 unspecified atom stereocenters. The van der Waals surface area contributed by atoms with Crippen LogP contribution in [0.2, 0.25) is 5.02 Å². The summed E-state index contributed by atoms with van der Waals surface area (Å²) in [5.74, 6) is -0.823. The Morgan fingerprint density at radius 3 is 2.59 bits per heavy atom. The van der Waals surface area contributed by atoms with Gasteiger partial charge in [0.25, 0.3) is 0 Å². The number of carbonyl (C=O) groups excluding carboxylic acids is 1. The summed E-state index contributed by atoms with van der Waals surface area (Å²) in [6.45, 7) is 8.16. The number of benzene rings is 2. The van der Waals surface area contributed by atoms with Crippen molar-refractivity contribution >= 4 is 59.0 Å². The fourth-order valence-corrected chi connectivity index (χ4v) is 5.61. The first-order chi connectivity index (χ1) is 17.5. The number of rotatable bonds is 7. The number of halogens is 2. The molecule has 0 aromatic heterocycles. The molecule has 1 fully saturated rings. The smallest absolute Gasteiger partial charge is 0.420 e. The number of aliphatic imine (C=N–C) groups is 1. The van der Waals surface area contributed by atoms with Crippen LogP contribution in [0.3, 0.4) is 0 Å². The fraction of sp³-hybridized carbons (Fsp3) is 0.360. The van der Waals surface area contributed by atoms with Crippen molar-refractivity contribution in [2.24, 2.45) is 4.99 Å². The van der Waals surface area contributed by atoms with Crippen molar-refractivity contribution in [3.63, 3.8) is 0 Å². The van der Waals surface area contributed by atoms with Gasteiger partial charge in [0.05, 0.1) is 21.9 Å². The molecule has 1 N–H and O–H groups in total. The SMILES string of the molecule is CC(C)(C)OC(=O)N(C1=CS(=S(=O)=O)C=N1)c1cc(Cl)c(Nc2ccccc2CCN2CCC2)cc1F. The molecule has 1 amide bonds. The minimum absolute atomic E-state index is 0.0613. The predicted octanol–water partition coefficient (Wildman–Crippen LogP) is 5.47. The Kier molecular flexibility index (Phi) is 8.37. The van der Waals surface area contributed by atoms with Crippen molar-refractivity contribution in [1.29, 1.82) is 0 Å². The van der Waals surface area contributed by atoms with E-state index in [-0.39, 0.29) is 16.5 Å². The average Bonchev–Trinajstić information content (AvgIpc) is 3.26. The van der Waals surface area contributed by atoms with Crippen molar-refractivity contribution in [2.75, 3.05) is 29.9 Å². The van der Waals surface area contributed by atoms with E-state index in [1.807, 2.05) is 24.3 Å². The molecule has 0 spiro atoms. The Balaban J connectivity index is 1.66. The van der Waals surface area contributed by atoms with E-state index < -0.39 is 36.2 Å². The number of carbonyl (C=O) groups is 1. The van der Waals surface area contributed by atoms with Crippen LogP contribution in [0.15, 0.2) is 52.6 Å². The zero-order chi connectivity index (χ0) is 26.7. The second kappa shape index (κ2) is 11.3. The van der Waals surface area contributed by atoms with Crippen LogP contribution in [0.5, 0.6) is 0 Å². The second-order valence-electron chi connectivity index (χ2n) is 9.57. The van der Waals surface area contributed by atoms with Crippen molar-refractivity contribution < 1.29 is 22.3 Å². The molecule has 2 heterocycles. The van der Waals surface area contributed by atoms with Crippen LogP contribution in [-0.2, 0) is 29.9 Å². The standard InChI is InChI=1S/C25H28ClFN4O4S2/c1-25(2,3)35-24(32)31(23-15-36(16-28-23)37(33)34)22-13-18(26)21(14-19(22)27)29-20-8-5-4-7-17(20)9-12-30-10-6-11-30/h4-5,7-8,13-16,29H,6,9-12H2,1-3H3. The van der Waals surface area contributed by atoms with Crippen LogP contribution in [-0.4, -0.2) is 50.2 Å². The molecule has 8 nitrogen and oxygen atoms in total. The van der Waals surface area contributed by atoms with Crippen LogP contribution < -0.4 is 10.2 Å². The van der Waals surface area contributed by atoms with E-state index >= 15 is 4.39 Å². The highest BCUT2D eigenvalue weighted by molar-refractivity contribution is 8.42. The zero-order valence-electron chi connectivity index (χ0n) is 20.7. The number of anilines is 3. The maximum absolute atomic E-state index is 15.5. The van der Waals surface area contributed by atoms with Gasteiger partial charge in [-0.1, -0.05) is 29.8 Å². The van der Waals surface area contributed by atoms with Gasteiger partial charge in [-0.2, -0.15) is 8.42 Å². The van der Waals surface area contributed by atoms with E-state index in [1.54, 1.807) is 20.8 Å². The van der Waals surface area contributed by atoms with Gasteiger partial charge in [0.2, 0.25) is 9.26 Å². The van der Waals surface area contributed by atoms with Crippen molar-refractivity contribution in [3.05, 3.63) is 64.0 Å². The molecule has 2 aromatic carbocycles. The summed E-state index contributed by atoms with van der Waals surface area (Å²) < 4.78 is 43.8. The summed E-state index contributed by atoms with van der Waals surface area (Å²) in [4.78, 5) is 20.4. The van der Waals surface area contributed by atoms with E-state index in [4.69, 9.17) is 16.3 Å². The van der Waals surface area contributed by atoms with Gasteiger partial charge in [-0.05, 0) is 64.4 Å². The van der Waals surface area contributed by atoms with Crippen molar-refractivity contribution in [2.45, 2.75) is 39.2 Å². The zero-order valence-corrected chi connectivity index (χ0v) is 23.1. The monoisotopic (exact) mass is 566 g/mol. The summed E-state index contributed by atoms with van der Waals surface area (Å²) in [5, 5.41) is 4.65. The number of likely N-dealkylation sites (tertiary alicyclic amines) is 1. The van der Waals surface area contributed by atoms with E-state index in [0.717, 1.165) is 42.2 Å². The van der Waals surface area contributed by atoms with Gasteiger partial charge in [-0.3, -0.25) is 0 Å². The fourth-order valence-electron chi connectivity index (χ4n) is 3.77. The van der Waals surface area contributed by atoms with Gasteiger partial charge in [0.1, 0.15) is 11.4 Å². The van der Waals surface area contributed by atoms with E-state index in [1.165, 1.54) is 29.5 Å². The van der Waals surface area contributed by atoms with Crippen LogP contribution in [0.25, 0.3) is 0 Å². The molecule has 0 aliphatic carbocycles. The second-order valence-corrected chi connectivity index (χ2v) is 13.5. The first-order valence-corrected chi connectivity index (χ1v) is 15.0. The Labute approximate surface area is 223 Å². The lowest BCUT2D eigenvalue weighted by Gasteiger charge is -2.30. The molecule has 1 saturated heterocycles. The summed E-state index contributed by atoms with van der Waals surface area (Å²) in [5.41, 5.74) is 2.30. The average molecular weight is 567 g/mol. The molecule has 0 saturated carbocycles. The van der Waals surface area contributed by atoms with Gasteiger partial charge in [0, 0.05) is 33.2 Å². The van der Waals surface area contributed by atoms with E-state index in [2.05, 4.69) is 15.2 Å². The van der Waals surface area contributed by atoms with Crippen molar-refractivity contribution in [3.8, 4) is 0 Å². The number of amides is 1. The highest BCUT2D eigenvalue weighted by atomic mass is 35.5. The van der Waals surface area contributed by atoms with E-state index in [0.29, 0.717) is 5.69 Å². The van der Waals surface area contributed by atoms with Gasteiger partial charge in [-0.15, -0.1) is 0 Å². The maximum atomic E-state index is 15.5. The minimum atomic E-state index is -2.47. The summed E-state index contributed by atoms with van der Waals surface area (Å²) in [6.07, 6.45) is 1.15. The summed E-state index contributed by atoms with van der Waals surface area (Å²) >= 11 is 6.56. The Hall–Kier alpha value is -2.73. The largest absolute Gasteiger partial charge is 0.443 e. The summed E-state index contributed by atoms with van der Waals surface area (Å²) in [7, 11) is -3.82. The summed E-state index contributed by atoms with van der Waals surface area (Å²) in [6, 6.07) is 10.3. The molecule has 2 aliphatic rings.